The summed E-state index contributed by atoms with van der Waals surface area (Å²) in [7, 11) is 0. The predicted molar refractivity (Wildman–Crippen MR) is 57.3 cm³/mol. The van der Waals surface area contributed by atoms with Crippen molar-refractivity contribution in [2.45, 2.75) is 44.2 Å². The Hall–Kier alpha value is -0.610. The zero-order valence-electron chi connectivity index (χ0n) is 9.08. The van der Waals surface area contributed by atoms with E-state index in [1.165, 1.54) is 0 Å². The van der Waals surface area contributed by atoms with E-state index in [1.54, 1.807) is 0 Å². The topological polar surface area (TPSA) is 64.3 Å². The third kappa shape index (κ3) is 2.69. The van der Waals surface area contributed by atoms with E-state index in [1.807, 2.05) is 0 Å². The van der Waals surface area contributed by atoms with Gasteiger partial charge in [0.2, 0.25) is 5.91 Å². The normalized spacial score (nSPS) is 36.5. The van der Waals surface area contributed by atoms with Crippen molar-refractivity contribution in [3.05, 3.63) is 0 Å². The molecular formula is C11H20N2O2. The van der Waals surface area contributed by atoms with E-state index in [2.05, 4.69) is 5.32 Å². The highest BCUT2D eigenvalue weighted by atomic mass is 16.5. The lowest BCUT2D eigenvalue weighted by atomic mass is 10.0. The van der Waals surface area contributed by atoms with Crippen molar-refractivity contribution in [3.8, 4) is 0 Å². The summed E-state index contributed by atoms with van der Waals surface area (Å²) in [6.45, 7) is 1.38. The lowest BCUT2D eigenvalue weighted by molar-refractivity contribution is -0.129. The summed E-state index contributed by atoms with van der Waals surface area (Å²) in [5, 5.41) is 3.05. The SMILES string of the molecule is NC1CCCC1NC(=O)C1CCCOC1. The highest BCUT2D eigenvalue weighted by Crippen LogP contribution is 2.19. The molecule has 4 heteroatoms. The lowest BCUT2D eigenvalue weighted by Gasteiger charge is -2.24. The summed E-state index contributed by atoms with van der Waals surface area (Å²) in [5.41, 5.74) is 5.91. The molecule has 4 nitrogen and oxygen atoms in total. The van der Waals surface area contributed by atoms with Gasteiger partial charge in [0.25, 0.3) is 0 Å². The first-order valence-corrected chi connectivity index (χ1v) is 5.91. The van der Waals surface area contributed by atoms with Gasteiger partial charge in [-0.3, -0.25) is 4.79 Å². The molecule has 3 N–H and O–H groups in total. The summed E-state index contributed by atoms with van der Waals surface area (Å²) in [6.07, 6.45) is 5.14. The van der Waals surface area contributed by atoms with Crippen LogP contribution in [-0.2, 0) is 9.53 Å². The Kier molecular flexibility index (Phi) is 3.59. The van der Waals surface area contributed by atoms with Gasteiger partial charge in [-0.25, -0.2) is 0 Å². The Bertz CT molecular complexity index is 227. The molecule has 3 unspecified atom stereocenters. The van der Waals surface area contributed by atoms with Gasteiger partial charge in [0.15, 0.2) is 0 Å². The molecule has 1 saturated heterocycles. The second-order valence-corrected chi connectivity index (χ2v) is 4.62. The van der Waals surface area contributed by atoms with Gasteiger partial charge in [-0.05, 0) is 32.1 Å². The van der Waals surface area contributed by atoms with Crippen molar-refractivity contribution < 1.29 is 9.53 Å². The fraction of sp³-hybridized carbons (Fsp3) is 0.909. The maximum Gasteiger partial charge on any atom is 0.225 e. The van der Waals surface area contributed by atoms with E-state index < -0.39 is 0 Å². The van der Waals surface area contributed by atoms with Crippen molar-refractivity contribution in [1.82, 2.24) is 5.32 Å². The molecule has 1 heterocycles. The van der Waals surface area contributed by atoms with Crippen LogP contribution in [0.1, 0.15) is 32.1 Å². The minimum Gasteiger partial charge on any atom is -0.381 e. The van der Waals surface area contributed by atoms with Crippen LogP contribution in [0.3, 0.4) is 0 Å². The molecular weight excluding hydrogens is 192 g/mol. The summed E-state index contributed by atoms with van der Waals surface area (Å²) in [6, 6.07) is 0.345. The second-order valence-electron chi connectivity index (χ2n) is 4.62. The first-order chi connectivity index (χ1) is 7.27. The van der Waals surface area contributed by atoms with Crippen molar-refractivity contribution >= 4 is 5.91 Å². The zero-order chi connectivity index (χ0) is 10.7. The minimum absolute atomic E-state index is 0.0477. The van der Waals surface area contributed by atoms with E-state index in [0.717, 1.165) is 38.7 Å². The van der Waals surface area contributed by atoms with Crippen LogP contribution in [0.15, 0.2) is 0 Å². The summed E-state index contributed by atoms with van der Waals surface area (Å²) in [4.78, 5) is 11.9. The number of hydrogen-bond acceptors (Lipinski definition) is 3. The van der Waals surface area contributed by atoms with E-state index in [-0.39, 0.29) is 23.9 Å². The molecule has 86 valence electrons. The molecule has 0 aromatic rings. The first kappa shape index (κ1) is 10.9. The molecule has 2 rings (SSSR count). The molecule has 0 bridgehead atoms. The summed E-state index contributed by atoms with van der Waals surface area (Å²) in [5.74, 6) is 0.184. The molecule has 15 heavy (non-hydrogen) atoms. The Balaban J connectivity index is 1.80. The number of nitrogens with two attached hydrogens (primary N) is 1. The minimum atomic E-state index is 0.0477. The Morgan fingerprint density at radius 2 is 2.13 bits per heavy atom. The Morgan fingerprint density at radius 3 is 2.73 bits per heavy atom. The van der Waals surface area contributed by atoms with Crippen molar-refractivity contribution in [2.24, 2.45) is 11.7 Å². The van der Waals surface area contributed by atoms with Crippen LogP contribution in [0.5, 0.6) is 0 Å². The number of hydrogen-bond donors (Lipinski definition) is 2. The molecule has 0 spiro atoms. The van der Waals surface area contributed by atoms with Crippen LogP contribution in [-0.4, -0.2) is 31.2 Å². The van der Waals surface area contributed by atoms with E-state index in [4.69, 9.17) is 10.5 Å². The molecule has 0 aromatic carbocycles. The quantitative estimate of drug-likeness (QED) is 0.696. The summed E-state index contributed by atoms with van der Waals surface area (Å²) >= 11 is 0. The number of amides is 1. The number of rotatable bonds is 2. The molecule has 1 saturated carbocycles. The average molecular weight is 212 g/mol. The predicted octanol–water partition coefficient (Wildman–Crippen LogP) is 0.409. The van der Waals surface area contributed by atoms with Gasteiger partial charge in [0.05, 0.1) is 12.5 Å². The lowest BCUT2D eigenvalue weighted by Crippen LogP contribution is -2.47. The van der Waals surface area contributed by atoms with Crippen molar-refractivity contribution in [3.63, 3.8) is 0 Å². The van der Waals surface area contributed by atoms with Gasteiger partial charge in [0.1, 0.15) is 0 Å². The van der Waals surface area contributed by atoms with Gasteiger partial charge in [0, 0.05) is 18.7 Å². The van der Waals surface area contributed by atoms with Gasteiger partial charge >= 0.3 is 0 Å². The highest BCUT2D eigenvalue weighted by molar-refractivity contribution is 5.79. The van der Waals surface area contributed by atoms with Gasteiger partial charge in [-0.2, -0.15) is 0 Å². The molecule has 1 aliphatic carbocycles. The molecule has 0 aromatic heterocycles. The Morgan fingerprint density at radius 1 is 1.27 bits per heavy atom. The highest BCUT2D eigenvalue weighted by Gasteiger charge is 2.29. The third-order valence-corrected chi connectivity index (χ3v) is 3.43. The van der Waals surface area contributed by atoms with Crippen molar-refractivity contribution in [1.29, 1.82) is 0 Å². The number of ether oxygens (including phenoxy) is 1. The van der Waals surface area contributed by atoms with E-state index >= 15 is 0 Å². The standard InChI is InChI=1S/C11H20N2O2/c12-9-4-1-5-10(9)13-11(14)8-3-2-6-15-7-8/h8-10H,1-7,12H2,(H,13,14). The zero-order valence-corrected chi connectivity index (χ0v) is 9.08. The first-order valence-electron chi connectivity index (χ1n) is 5.91. The fourth-order valence-electron chi connectivity index (χ4n) is 2.42. The second kappa shape index (κ2) is 4.94. The average Bonchev–Trinajstić information content (AvgIpc) is 2.66. The van der Waals surface area contributed by atoms with E-state index in [9.17, 15) is 4.79 Å². The van der Waals surface area contributed by atoms with Crippen LogP contribution in [0.25, 0.3) is 0 Å². The number of carbonyl (C=O) groups is 1. The smallest absolute Gasteiger partial charge is 0.225 e. The maximum absolute atomic E-state index is 11.9. The molecule has 3 atom stereocenters. The maximum atomic E-state index is 11.9. The van der Waals surface area contributed by atoms with Crippen LogP contribution in [0.4, 0.5) is 0 Å². The Labute approximate surface area is 90.5 Å². The van der Waals surface area contributed by atoms with Gasteiger partial charge in [-0.15, -0.1) is 0 Å². The van der Waals surface area contributed by atoms with E-state index in [0.29, 0.717) is 6.61 Å². The van der Waals surface area contributed by atoms with Crippen LogP contribution in [0, 0.1) is 5.92 Å². The van der Waals surface area contributed by atoms with Crippen LogP contribution in [0.2, 0.25) is 0 Å². The number of carbonyl (C=O) groups excluding carboxylic acids is 1. The molecule has 2 aliphatic rings. The van der Waals surface area contributed by atoms with Crippen molar-refractivity contribution in [2.75, 3.05) is 13.2 Å². The summed E-state index contributed by atoms with van der Waals surface area (Å²) < 4.78 is 5.30. The van der Waals surface area contributed by atoms with Gasteiger partial charge < -0.3 is 15.8 Å². The van der Waals surface area contributed by atoms with Crippen LogP contribution >= 0.6 is 0 Å². The largest absolute Gasteiger partial charge is 0.381 e. The molecule has 0 radical (unpaired) electrons. The molecule has 1 aliphatic heterocycles. The monoisotopic (exact) mass is 212 g/mol. The molecule has 2 fully saturated rings. The number of nitrogens with one attached hydrogen (secondary N) is 1. The van der Waals surface area contributed by atoms with Gasteiger partial charge in [-0.1, -0.05) is 0 Å². The molecule has 1 amide bonds. The fourth-order valence-corrected chi connectivity index (χ4v) is 2.42. The van der Waals surface area contributed by atoms with Crippen LogP contribution < -0.4 is 11.1 Å². The third-order valence-electron chi connectivity index (χ3n) is 3.43.